The Morgan fingerprint density at radius 3 is 1.57 bits per heavy atom. The molecule has 0 amide bonds. The van der Waals surface area contributed by atoms with Crippen molar-refractivity contribution in [1.29, 1.82) is 0 Å². The van der Waals surface area contributed by atoms with E-state index in [4.69, 9.17) is 0 Å². The minimum Gasteiger partial charge on any atom is -0.309 e. The normalized spacial score (nSPS) is 13.1. The summed E-state index contributed by atoms with van der Waals surface area (Å²) in [7, 11) is 0. The van der Waals surface area contributed by atoms with E-state index < -0.39 is 0 Å². The highest BCUT2D eigenvalue weighted by molar-refractivity contribution is 8.01. The van der Waals surface area contributed by atoms with Crippen molar-refractivity contribution in [3.63, 3.8) is 0 Å². The largest absolute Gasteiger partial charge is 0.309 e. The molecule has 2 nitrogen and oxygen atoms in total. The van der Waals surface area contributed by atoms with E-state index in [2.05, 4.69) is 185 Å². The first-order valence-corrected chi connectivity index (χ1v) is 19.8. The Morgan fingerprint density at radius 2 is 0.868 bits per heavy atom. The first-order valence-electron chi connectivity index (χ1n) is 18.1. The molecule has 2 aliphatic rings. The van der Waals surface area contributed by atoms with Gasteiger partial charge in [0.15, 0.2) is 0 Å². The molecule has 4 heterocycles. The first kappa shape index (κ1) is 29.7. The van der Waals surface area contributed by atoms with Gasteiger partial charge in [-0.25, -0.2) is 0 Å². The van der Waals surface area contributed by atoms with Crippen molar-refractivity contribution in [1.82, 2.24) is 9.13 Å². The molecule has 0 saturated heterocycles. The van der Waals surface area contributed by atoms with E-state index in [0.29, 0.717) is 0 Å². The van der Waals surface area contributed by atoms with E-state index in [0.717, 1.165) is 0 Å². The molecule has 0 spiro atoms. The van der Waals surface area contributed by atoms with Crippen LogP contribution in [0.1, 0.15) is 0 Å². The van der Waals surface area contributed by atoms with Gasteiger partial charge in [-0.2, -0.15) is 0 Å². The summed E-state index contributed by atoms with van der Waals surface area (Å²) in [6.45, 7) is 0.253. The summed E-state index contributed by atoms with van der Waals surface area (Å²) in [5, 5.41) is 5.07. The molecule has 2 aromatic heterocycles. The van der Waals surface area contributed by atoms with Gasteiger partial charge in [-0.3, -0.25) is 0 Å². The SMILES string of the molecule is c1ccc(-n2c3ccccc3c3cc(-c4ccc5c(c4)c4ccccc4n5-c4ccc5c(c4)Sc4cccc6c4B5c4ccccc4S6)ccc32)cc1. The summed E-state index contributed by atoms with van der Waals surface area (Å²) in [4.78, 5) is 5.45. The Balaban J connectivity index is 1.01. The summed E-state index contributed by atoms with van der Waals surface area (Å²) in [5.41, 5.74) is 14.0. The van der Waals surface area contributed by atoms with Crippen LogP contribution in [0.25, 0.3) is 66.1 Å². The van der Waals surface area contributed by atoms with Crippen LogP contribution < -0.4 is 16.4 Å². The van der Waals surface area contributed by atoms with Crippen LogP contribution in [-0.2, 0) is 0 Å². The molecule has 5 heteroatoms. The Hall–Kier alpha value is -5.88. The molecule has 8 aromatic carbocycles. The molecular formula is C48H29BN2S2. The number of nitrogens with zero attached hydrogens (tertiary/aromatic N) is 2. The third-order valence-corrected chi connectivity index (χ3v) is 13.6. The number of fused-ring (bicyclic) bond motifs is 10. The van der Waals surface area contributed by atoms with Crippen molar-refractivity contribution in [2.24, 2.45) is 0 Å². The van der Waals surface area contributed by atoms with Crippen LogP contribution in [0, 0.1) is 0 Å². The number of aromatic nitrogens is 2. The van der Waals surface area contributed by atoms with Gasteiger partial charge in [0.05, 0.1) is 22.1 Å². The Labute approximate surface area is 315 Å². The predicted octanol–water partition coefficient (Wildman–Crippen LogP) is 11.0. The molecular weight excluding hydrogens is 679 g/mol. The highest BCUT2D eigenvalue weighted by atomic mass is 32.2. The number of benzene rings is 8. The van der Waals surface area contributed by atoms with Gasteiger partial charge in [0.2, 0.25) is 6.71 Å². The van der Waals surface area contributed by atoms with Crippen LogP contribution in [0.4, 0.5) is 0 Å². The van der Waals surface area contributed by atoms with Gasteiger partial charge in [-0.1, -0.05) is 132 Å². The lowest BCUT2D eigenvalue weighted by molar-refractivity contribution is 1.16. The van der Waals surface area contributed by atoms with E-state index >= 15 is 0 Å². The Bertz CT molecular complexity index is 3140. The van der Waals surface area contributed by atoms with Crippen molar-refractivity contribution in [3.05, 3.63) is 176 Å². The van der Waals surface area contributed by atoms with Crippen molar-refractivity contribution in [2.75, 3.05) is 0 Å². The number of hydrogen-bond donors (Lipinski definition) is 0. The van der Waals surface area contributed by atoms with Gasteiger partial charge in [0.1, 0.15) is 0 Å². The molecule has 0 radical (unpaired) electrons. The maximum Gasteiger partial charge on any atom is 0.247 e. The quantitative estimate of drug-likeness (QED) is 0.169. The minimum atomic E-state index is 0.253. The van der Waals surface area contributed by atoms with Crippen LogP contribution in [0.5, 0.6) is 0 Å². The predicted molar refractivity (Wildman–Crippen MR) is 226 cm³/mol. The van der Waals surface area contributed by atoms with Crippen LogP contribution in [0.15, 0.2) is 196 Å². The molecule has 2 aliphatic heterocycles. The average molecular weight is 709 g/mol. The molecule has 12 rings (SSSR count). The van der Waals surface area contributed by atoms with Gasteiger partial charge >= 0.3 is 0 Å². The van der Waals surface area contributed by atoms with E-state index in [1.54, 1.807) is 0 Å². The van der Waals surface area contributed by atoms with Gasteiger partial charge < -0.3 is 9.13 Å². The molecule has 0 bridgehead atoms. The van der Waals surface area contributed by atoms with E-state index in [-0.39, 0.29) is 6.71 Å². The zero-order chi connectivity index (χ0) is 34.6. The maximum absolute atomic E-state index is 2.46. The molecule has 0 saturated carbocycles. The topological polar surface area (TPSA) is 9.86 Å². The first-order chi connectivity index (χ1) is 26.3. The summed E-state index contributed by atoms with van der Waals surface area (Å²) in [5.74, 6) is 0. The minimum absolute atomic E-state index is 0.253. The van der Waals surface area contributed by atoms with Gasteiger partial charge in [-0.05, 0) is 95.5 Å². The molecule has 0 unspecified atom stereocenters. The molecule has 53 heavy (non-hydrogen) atoms. The smallest absolute Gasteiger partial charge is 0.247 e. The standard InChI is InChI=1S/C48H29BN2S2/c1-2-11-32(12-3-1)50-40-16-7-4-13-34(40)36-27-30(21-25-42(36)50)31-22-26-43-37(28-31)35-14-5-8-17-41(35)51(43)33-23-24-39-47(29-33)53-46-20-10-19-45-48(46)49(39)38-15-6-9-18-44(38)52-45/h1-29H. The average Bonchev–Trinajstić information content (AvgIpc) is 3.73. The Kier molecular flexibility index (Phi) is 6.33. The van der Waals surface area contributed by atoms with E-state index in [1.807, 2.05) is 23.5 Å². The summed E-state index contributed by atoms with van der Waals surface area (Å²) >= 11 is 3.83. The van der Waals surface area contributed by atoms with Crippen molar-refractivity contribution >= 4 is 90.2 Å². The summed E-state index contributed by atoms with van der Waals surface area (Å²) in [6, 6.07) is 65.2. The lowest BCUT2D eigenvalue weighted by Crippen LogP contribution is -2.57. The number of hydrogen-bond acceptors (Lipinski definition) is 2. The molecule has 246 valence electrons. The van der Waals surface area contributed by atoms with Crippen LogP contribution in [0.3, 0.4) is 0 Å². The van der Waals surface area contributed by atoms with Crippen molar-refractivity contribution in [2.45, 2.75) is 19.6 Å². The second-order valence-electron chi connectivity index (χ2n) is 14.1. The molecule has 10 aromatic rings. The number of para-hydroxylation sites is 3. The second-order valence-corrected chi connectivity index (χ2v) is 16.2. The van der Waals surface area contributed by atoms with Crippen molar-refractivity contribution in [3.8, 4) is 22.5 Å². The van der Waals surface area contributed by atoms with Crippen LogP contribution in [0.2, 0.25) is 0 Å². The zero-order valence-corrected chi connectivity index (χ0v) is 30.2. The van der Waals surface area contributed by atoms with E-state index in [1.165, 1.54) is 102 Å². The summed E-state index contributed by atoms with van der Waals surface area (Å²) in [6.07, 6.45) is 0. The highest BCUT2D eigenvalue weighted by Crippen LogP contribution is 2.41. The van der Waals surface area contributed by atoms with Crippen molar-refractivity contribution < 1.29 is 0 Å². The molecule has 0 N–H and O–H groups in total. The van der Waals surface area contributed by atoms with Gasteiger partial charge in [0, 0.05) is 52.5 Å². The highest BCUT2D eigenvalue weighted by Gasteiger charge is 2.37. The summed E-state index contributed by atoms with van der Waals surface area (Å²) < 4.78 is 4.84. The van der Waals surface area contributed by atoms with Crippen LogP contribution in [-0.4, -0.2) is 15.8 Å². The van der Waals surface area contributed by atoms with E-state index in [9.17, 15) is 0 Å². The second kappa shape index (κ2) is 11.3. The molecule has 0 fully saturated rings. The Morgan fingerprint density at radius 1 is 0.340 bits per heavy atom. The van der Waals surface area contributed by atoms with Crippen LogP contribution >= 0.6 is 23.5 Å². The number of rotatable bonds is 3. The zero-order valence-electron chi connectivity index (χ0n) is 28.5. The third-order valence-electron chi connectivity index (χ3n) is 11.2. The monoisotopic (exact) mass is 708 g/mol. The van der Waals surface area contributed by atoms with Gasteiger partial charge in [0.25, 0.3) is 0 Å². The fourth-order valence-corrected chi connectivity index (χ4v) is 11.4. The van der Waals surface area contributed by atoms with Gasteiger partial charge in [-0.15, -0.1) is 0 Å². The lowest BCUT2D eigenvalue weighted by Gasteiger charge is -2.32. The third kappa shape index (κ3) is 4.32. The lowest BCUT2D eigenvalue weighted by atomic mass is 9.36. The maximum atomic E-state index is 2.46. The molecule has 0 atom stereocenters. The fourth-order valence-electron chi connectivity index (χ4n) is 8.94. The fraction of sp³-hybridized carbons (Fsp3) is 0. The molecule has 0 aliphatic carbocycles.